The lowest BCUT2D eigenvalue weighted by Crippen LogP contribution is -2.41. The third-order valence-corrected chi connectivity index (χ3v) is 4.74. The Bertz CT molecular complexity index is 562. The molecule has 0 aliphatic carbocycles. The molecule has 0 radical (unpaired) electrons. The number of nitrogens with zero attached hydrogens (tertiary/aromatic N) is 1. The van der Waals surface area contributed by atoms with Gasteiger partial charge in [-0.25, -0.2) is 0 Å². The molecule has 1 aliphatic heterocycles. The zero-order valence-electron chi connectivity index (χ0n) is 17.4. The molecule has 0 aromatic heterocycles. The minimum Gasteiger partial charge on any atom is -0.493 e. The van der Waals surface area contributed by atoms with Gasteiger partial charge in [-0.3, -0.25) is 0 Å². The Hall–Kier alpha value is -1.38. The predicted molar refractivity (Wildman–Crippen MR) is 109 cm³/mol. The minimum absolute atomic E-state index is 0.204. The quantitative estimate of drug-likeness (QED) is 0.461. The van der Waals surface area contributed by atoms with Crippen LogP contribution in [0.25, 0.3) is 0 Å². The standard InChI is InChI=1S/C21H36N2O5/c1-16(2)27-11-8-22-13-17-4-5-20(21(12-17)26-3)28-15-19(25)14-23-9-6-18(24)7-10-23/h4-5,12,16,18-19,22,24-25H,6-11,13-15H2,1-3H3/t19-/m1/s1. The molecule has 1 fully saturated rings. The average Bonchev–Trinajstić information content (AvgIpc) is 2.68. The molecule has 0 unspecified atom stereocenters. The highest BCUT2D eigenvalue weighted by Gasteiger charge is 2.20. The van der Waals surface area contributed by atoms with Crippen LogP contribution in [0.2, 0.25) is 0 Å². The van der Waals surface area contributed by atoms with E-state index in [9.17, 15) is 10.2 Å². The molecule has 160 valence electrons. The van der Waals surface area contributed by atoms with Crippen molar-refractivity contribution >= 4 is 0 Å². The van der Waals surface area contributed by atoms with Gasteiger partial charge in [-0.05, 0) is 44.4 Å². The number of nitrogens with one attached hydrogen (secondary N) is 1. The number of methoxy groups -OCH3 is 1. The average molecular weight is 397 g/mol. The van der Waals surface area contributed by atoms with Crippen molar-refractivity contribution in [3.05, 3.63) is 23.8 Å². The van der Waals surface area contributed by atoms with E-state index in [2.05, 4.69) is 10.2 Å². The number of likely N-dealkylation sites (tertiary alicyclic amines) is 1. The van der Waals surface area contributed by atoms with E-state index in [0.717, 1.165) is 44.6 Å². The topological polar surface area (TPSA) is 83.4 Å². The molecule has 2 rings (SSSR count). The molecule has 1 aromatic carbocycles. The summed E-state index contributed by atoms with van der Waals surface area (Å²) < 4.78 is 16.7. The van der Waals surface area contributed by atoms with Crippen LogP contribution in [0.3, 0.4) is 0 Å². The number of hydrogen-bond acceptors (Lipinski definition) is 7. The first-order chi connectivity index (χ1) is 13.5. The second kappa shape index (κ2) is 12.2. The van der Waals surface area contributed by atoms with Crippen LogP contribution in [0.5, 0.6) is 11.5 Å². The number of aliphatic hydroxyl groups is 2. The normalized spacial score (nSPS) is 17.1. The Morgan fingerprint density at radius 3 is 2.64 bits per heavy atom. The van der Waals surface area contributed by atoms with Crippen LogP contribution in [0.1, 0.15) is 32.3 Å². The van der Waals surface area contributed by atoms with Gasteiger partial charge in [0.1, 0.15) is 12.7 Å². The smallest absolute Gasteiger partial charge is 0.161 e. The van der Waals surface area contributed by atoms with E-state index < -0.39 is 6.10 Å². The summed E-state index contributed by atoms with van der Waals surface area (Å²) >= 11 is 0. The maximum Gasteiger partial charge on any atom is 0.161 e. The predicted octanol–water partition coefficient (Wildman–Crippen LogP) is 1.41. The fourth-order valence-electron chi connectivity index (χ4n) is 3.18. The third kappa shape index (κ3) is 8.32. The van der Waals surface area contributed by atoms with Crippen LogP contribution in [0, 0.1) is 0 Å². The third-order valence-electron chi connectivity index (χ3n) is 4.74. The van der Waals surface area contributed by atoms with Crippen molar-refractivity contribution in [3.63, 3.8) is 0 Å². The number of hydrogen-bond donors (Lipinski definition) is 3. The van der Waals surface area contributed by atoms with E-state index in [0.29, 0.717) is 24.7 Å². The molecule has 1 aromatic rings. The minimum atomic E-state index is -0.581. The van der Waals surface area contributed by atoms with Crippen molar-refractivity contribution in [2.45, 2.75) is 51.5 Å². The number of aliphatic hydroxyl groups excluding tert-OH is 2. The van der Waals surface area contributed by atoms with E-state index in [1.807, 2.05) is 32.0 Å². The highest BCUT2D eigenvalue weighted by molar-refractivity contribution is 5.43. The van der Waals surface area contributed by atoms with E-state index in [1.54, 1.807) is 7.11 Å². The van der Waals surface area contributed by atoms with Gasteiger partial charge in [0.2, 0.25) is 0 Å². The molecule has 7 heteroatoms. The van der Waals surface area contributed by atoms with Crippen LogP contribution < -0.4 is 14.8 Å². The maximum absolute atomic E-state index is 10.3. The molecule has 0 saturated carbocycles. The van der Waals surface area contributed by atoms with Crippen molar-refractivity contribution in [3.8, 4) is 11.5 Å². The van der Waals surface area contributed by atoms with Crippen molar-refractivity contribution in [1.29, 1.82) is 0 Å². The molecule has 1 aliphatic rings. The van der Waals surface area contributed by atoms with Gasteiger partial charge in [0.15, 0.2) is 11.5 Å². The van der Waals surface area contributed by atoms with Gasteiger partial charge in [0.25, 0.3) is 0 Å². The van der Waals surface area contributed by atoms with Gasteiger partial charge in [-0.15, -0.1) is 0 Å². The molecule has 1 saturated heterocycles. The second-order valence-corrected chi connectivity index (χ2v) is 7.58. The first-order valence-electron chi connectivity index (χ1n) is 10.2. The van der Waals surface area contributed by atoms with Gasteiger partial charge in [-0.2, -0.15) is 0 Å². The van der Waals surface area contributed by atoms with Gasteiger partial charge in [0.05, 0.1) is 25.9 Å². The number of benzene rings is 1. The second-order valence-electron chi connectivity index (χ2n) is 7.58. The Labute approximate surface area is 168 Å². The number of ether oxygens (including phenoxy) is 3. The summed E-state index contributed by atoms with van der Waals surface area (Å²) in [5.41, 5.74) is 1.10. The SMILES string of the molecule is COc1cc(CNCCOC(C)C)ccc1OC[C@H](O)CN1CCC(O)CC1. The van der Waals surface area contributed by atoms with Gasteiger partial charge < -0.3 is 34.6 Å². The fourth-order valence-corrected chi connectivity index (χ4v) is 3.18. The van der Waals surface area contributed by atoms with Gasteiger partial charge in [-0.1, -0.05) is 6.07 Å². The highest BCUT2D eigenvalue weighted by atomic mass is 16.5. The summed E-state index contributed by atoms with van der Waals surface area (Å²) in [4.78, 5) is 2.16. The number of β-amino-alcohol motifs (C(OH)–C–C–N with tert-alkyl or cyclic N) is 1. The first kappa shape index (κ1) is 22.9. The summed E-state index contributed by atoms with van der Waals surface area (Å²) in [6, 6.07) is 5.82. The van der Waals surface area contributed by atoms with Crippen molar-refractivity contribution < 1.29 is 24.4 Å². The molecule has 0 amide bonds. The lowest BCUT2D eigenvalue weighted by Gasteiger charge is -2.30. The van der Waals surface area contributed by atoms with E-state index >= 15 is 0 Å². The van der Waals surface area contributed by atoms with Crippen LogP contribution in [-0.4, -0.2) is 79.9 Å². The molecule has 0 bridgehead atoms. The largest absolute Gasteiger partial charge is 0.493 e. The van der Waals surface area contributed by atoms with Crippen LogP contribution in [-0.2, 0) is 11.3 Å². The zero-order valence-corrected chi connectivity index (χ0v) is 17.4. The lowest BCUT2D eigenvalue weighted by atomic mass is 10.1. The Balaban J connectivity index is 1.75. The molecule has 0 spiro atoms. The summed E-state index contributed by atoms with van der Waals surface area (Å²) in [6.07, 6.45) is 0.989. The van der Waals surface area contributed by atoms with Crippen molar-refractivity contribution in [1.82, 2.24) is 10.2 Å². The summed E-state index contributed by atoms with van der Waals surface area (Å²) in [5.74, 6) is 1.29. The lowest BCUT2D eigenvalue weighted by molar-refractivity contribution is 0.0333. The summed E-state index contributed by atoms with van der Waals surface area (Å²) in [6.45, 7) is 8.63. The maximum atomic E-state index is 10.3. The Morgan fingerprint density at radius 2 is 1.96 bits per heavy atom. The van der Waals surface area contributed by atoms with E-state index in [1.165, 1.54) is 0 Å². The first-order valence-corrected chi connectivity index (χ1v) is 10.2. The molecular formula is C21H36N2O5. The van der Waals surface area contributed by atoms with Gasteiger partial charge >= 0.3 is 0 Å². The highest BCUT2D eigenvalue weighted by Crippen LogP contribution is 2.28. The molecule has 7 nitrogen and oxygen atoms in total. The van der Waals surface area contributed by atoms with Crippen molar-refractivity contribution in [2.24, 2.45) is 0 Å². The summed E-state index contributed by atoms with van der Waals surface area (Å²) in [7, 11) is 1.62. The monoisotopic (exact) mass is 396 g/mol. The van der Waals surface area contributed by atoms with Crippen molar-refractivity contribution in [2.75, 3.05) is 46.5 Å². The Kier molecular flexibility index (Phi) is 10.0. The molecular weight excluding hydrogens is 360 g/mol. The fraction of sp³-hybridized carbons (Fsp3) is 0.714. The Morgan fingerprint density at radius 1 is 1.21 bits per heavy atom. The van der Waals surface area contributed by atoms with Crippen LogP contribution >= 0.6 is 0 Å². The van der Waals surface area contributed by atoms with Crippen LogP contribution in [0.4, 0.5) is 0 Å². The molecule has 3 N–H and O–H groups in total. The van der Waals surface area contributed by atoms with E-state index in [-0.39, 0.29) is 18.8 Å². The zero-order chi connectivity index (χ0) is 20.4. The molecule has 1 atom stereocenters. The summed E-state index contributed by atoms with van der Waals surface area (Å²) in [5, 5.41) is 23.2. The molecule has 1 heterocycles. The van der Waals surface area contributed by atoms with Crippen LogP contribution in [0.15, 0.2) is 18.2 Å². The molecule has 28 heavy (non-hydrogen) atoms. The number of piperidine rings is 1. The van der Waals surface area contributed by atoms with Gasteiger partial charge in [0, 0.05) is 32.7 Å². The number of rotatable bonds is 12. The van der Waals surface area contributed by atoms with E-state index in [4.69, 9.17) is 14.2 Å².